The predicted octanol–water partition coefficient (Wildman–Crippen LogP) is -5.00. The van der Waals surface area contributed by atoms with Gasteiger partial charge in [0.15, 0.2) is 24.8 Å². The summed E-state index contributed by atoms with van der Waals surface area (Å²) in [4.78, 5) is 11.7. The molecule has 0 aromatic carbocycles. The third kappa shape index (κ3) is 6.95. The first kappa shape index (κ1) is 28.1. The molecule has 2 aliphatic rings. The molecule has 0 aromatic heterocycles. The molecule has 194 valence electrons. The average molecular weight is 530 g/mol. The second-order valence-corrected chi connectivity index (χ2v) is 8.87. The van der Waals surface area contributed by atoms with Crippen molar-refractivity contribution < 1.29 is 83.6 Å². The number of rotatable bonds is 9. The molecule has 0 bridgehead atoms. The van der Waals surface area contributed by atoms with Crippen molar-refractivity contribution in [1.82, 2.24) is 0 Å². The van der Waals surface area contributed by atoms with Crippen LogP contribution in [0.5, 0.6) is 0 Å². The first-order valence-corrected chi connectivity index (χ1v) is 11.5. The monoisotopic (exact) mass is 530 g/mol. The number of carbonyl (C=O) groups is 1. The van der Waals surface area contributed by atoms with Crippen LogP contribution in [0.25, 0.3) is 0 Å². The zero-order valence-electron chi connectivity index (χ0n) is 16.4. The van der Waals surface area contributed by atoms with Crippen LogP contribution in [0.3, 0.4) is 0 Å². The lowest BCUT2D eigenvalue weighted by atomic mass is 9.97. The first-order chi connectivity index (χ1) is 15.1. The third-order valence-corrected chi connectivity index (χ3v) is 5.51. The summed E-state index contributed by atoms with van der Waals surface area (Å²) in [6.45, 7) is -0.987. The summed E-state index contributed by atoms with van der Waals surface area (Å²) in [6, 6.07) is 0. The molecule has 2 saturated heterocycles. The van der Waals surface area contributed by atoms with E-state index < -0.39 is 94.8 Å². The molecule has 2 rings (SSSR count). The van der Waals surface area contributed by atoms with Gasteiger partial charge in [0.1, 0.15) is 36.6 Å². The minimum Gasteiger partial charge on any atom is -0.479 e. The molecular formula is C13H22O18S2. The Hall–Kier alpha value is -1.11. The van der Waals surface area contributed by atoms with Gasteiger partial charge >= 0.3 is 26.8 Å². The molecule has 0 spiro atoms. The fourth-order valence-electron chi connectivity index (χ4n) is 3.18. The van der Waals surface area contributed by atoms with Gasteiger partial charge in [-0.05, 0) is 0 Å². The number of carboxylic acids is 1. The van der Waals surface area contributed by atoms with Gasteiger partial charge in [-0.3, -0.25) is 9.11 Å². The predicted molar refractivity (Wildman–Crippen MR) is 94.8 cm³/mol. The summed E-state index contributed by atoms with van der Waals surface area (Å²) in [5.74, 6) is -1.85. The van der Waals surface area contributed by atoms with Gasteiger partial charge in [-0.2, -0.15) is 16.8 Å². The molecule has 0 aromatic rings. The van der Waals surface area contributed by atoms with Crippen LogP contribution >= 0.6 is 0 Å². The van der Waals surface area contributed by atoms with E-state index in [2.05, 4.69) is 8.37 Å². The molecule has 33 heavy (non-hydrogen) atoms. The molecule has 0 unspecified atom stereocenters. The van der Waals surface area contributed by atoms with E-state index in [0.29, 0.717) is 0 Å². The molecule has 0 aliphatic carbocycles. The van der Waals surface area contributed by atoms with Crippen molar-refractivity contribution in [3.63, 3.8) is 0 Å². The Morgan fingerprint density at radius 3 is 1.85 bits per heavy atom. The van der Waals surface area contributed by atoms with Gasteiger partial charge in [0.25, 0.3) is 0 Å². The number of methoxy groups -OCH3 is 1. The normalized spacial score (nSPS) is 40.5. The van der Waals surface area contributed by atoms with Crippen molar-refractivity contribution in [3.8, 4) is 0 Å². The van der Waals surface area contributed by atoms with Crippen LogP contribution in [-0.2, 0) is 52.9 Å². The highest BCUT2D eigenvalue weighted by atomic mass is 32.3. The van der Waals surface area contributed by atoms with Gasteiger partial charge in [-0.1, -0.05) is 0 Å². The van der Waals surface area contributed by atoms with E-state index in [1.54, 1.807) is 0 Å². The Morgan fingerprint density at radius 2 is 1.39 bits per heavy atom. The van der Waals surface area contributed by atoms with Gasteiger partial charge in [-0.25, -0.2) is 13.2 Å². The molecule has 20 heteroatoms. The lowest BCUT2D eigenvalue weighted by molar-refractivity contribution is -0.347. The number of carboxylic acid groups (broad SMARTS) is 1. The minimum absolute atomic E-state index is 0.947. The number of ether oxygens (including phenoxy) is 4. The van der Waals surface area contributed by atoms with Crippen molar-refractivity contribution in [3.05, 3.63) is 0 Å². The summed E-state index contributed by atoms with van der Waals surface area (Å²) < 4.78 is 91.3. The molecular weight excluding hydrogens is 508 g/mol. The maximum absolute atomic E-state index is 11.7. The fourth-order valence-corrected chi connectivity index (χ4v) is 4.17. The highest BCUT2D eigenvalue weighted by molar-refractivity contribution is 7.81. The standard InChI is InChI=1S/C13H22O18S2/c1-26-12-6(17)7(30-32(20,21)22)9(10(29-12)11(18)19)28-13-8(31-33(23,24)25)5(16)4(15)3(2-14)27-13/h3-10,12-17H,2H2,1H3,(H,18,19)(H,20,21,22)(H,23,24,25)/t3-,4-,5+,6-,7-,8-,9+,10+,12-,13-/m1/s1. The number of aliphatic hydroxyl groups excluding tert-OH is 4. The molecule has 2 fully saturated rings. The quantitative estimate of drug-likeness (QED) is 0.137. The maximum Gasteiger partial charge on any atom is 0.397 e. The van der Waals surface area contributed by atoms with E-state index in [1.807, 2.05) is 0 Å². The zero-order chi connectivity index (χ0) is 25.3. The second-order valence-electron chi connectivity index (χ2n) is 6.77. The Morgan fingerprint density at radius 1 is 0.848 bits per heavy atom. The van der Waals surface area contributed by atoms with Gasteiger partial charge in [-0.15, -0.1) is 0 Å². The Balaban J connectivity index is 2.48. The van der Waals surface area contributed by atoms with Crippen LogP contribution in [0, 0.1) is 0 Å². The Kier molecular flexibility index (Phi) is 9.08. The topological polar surface area (TPSA) is 282 Å². The molecule has 7 N–H and O–H groups in total. The lowest BCUT2D eigenvalue weighted by Gasteiger charge is -2.46. The van der Waals surface area contributed by atoms with Crippen LogP contribution < -0.4 is 0 Å². The van der Waals surface area contributed by atoms with Crippen LogP contribution in [0.15, 0.2) is 0 Å². The van der Waals surface area contributed by atoms with Gasteiger partial charge in [0.2, 0.25) is 0 Å². The molecule has 0 amide bonds. The Labute approximate surface area is 186 Å². The molecule has 10 atom stereocenters. The summed E-state index contributed by atoms with van der Waals surface area (Å²) >= 11 is 0. The van der Waals surface area contributed by atoms with Crippen molar-refractivity contribution >= 4 is 26.8 Å². The minimum atomic E-state index is -5.37. The largest absolute Gasteiger partial charge is 0.479 e. The summed E-state index contributed by atoms with van der Waals surface area (Å²) in [5.41, 5.74) is 0. The van der Waals surface area contributed by atoms with Gasteiger partial charge in [0, 0.05) is 7.11 Å². The summed E-state index contributed by atoms with van der Waals surface area (Å²) in [5, 5.41) is 49.1. The van der Waals surface area contributed by atoms with Crippen LogP contribution in [-0.4, -0.2) is 133 Å². The maximum atomic E-state index is 11.7. The van der Waals surface area contributed by atoms with Crippen LogP contribution in [0.4, 0.5) is 0 Å². The smallest absolute Gasteiger partial charge is 0.397 e. The molecule has 0 saturated carbocycles. The number of aliphatic carboxylic acids is 1. The van der Waals surface area contributed by atoms with E-state index in [1.165, 1.54) is 0 Å². The van der Waals surface area contributed by atoms with E-state index in [9.17, 15) is 47.2 Å². The lowest BCUT2D eigenvalue weighted by Crippen LogP contribution is -2.66. The number of aliphatic hydroxyl groups is 4. The first-order valence-electron chi connectivity index (χ1n) is 8.78. The van der Waals surface area contributed by atoms with Gasteiger partial charge in [0.05, 0.1) is 6.61 Å². The highest BCUT2D eigenvalue weighted by Crippen LogP contribution is 2.32. The van der Waals surface area contributed by atoms with E-state index >= 15 is 0 Å². The number of hydrogen-bond donors (Lipinski definition) is 7. The summed E-state index contributed by atoms with van der Waals surface area (Å²) in [6.07, 6.45) is -21.2. The van der Waals surface area contributed by atoms with Crippen molar-refractivity contribution in [2.75, 3.05) is 13.7 Å². The molecule has 18 nitrogen and oxygen atoms in total. The van der Waals surface area contributed by atoms with Gasteiger partial charge < -0.3 is 44.5 Å². The zero-order valence-corrected chi connectivity index (χ0v) is 18.1. The van der Waals surface area contributed by atoms with E-state index in [-0.39, 0.29) is 0 Å². The van der Waals surface area contributed by atoms with E-state index in [4.69, 9.17) is 28.1 Å². The fraction of sp³-hybridized carbons (Fsp3) is 0.923. The van der Waals surface area contributed by atoms with Crippen molar-refractivity contribution in [2.24, 2.45) is 0 Å². The average Bonchev–Trinajstić information content (AvgIpc) is 2.68. The molecule has 2 heterocycles. The molecule has 2 aliphatic heterocycles. The SMILES string of the molecule is CO[C@@H]1O[C@H](C(=O)O)[C@@H](O[C@H]2O[C@H](CO)[C@@H](O)[C@H](O)[C@H]2OS(=O)(=O)O)[C@H](OS(=O)(=O)O)[C@H]1O. The second kappa shape index (κ2) is 10.7. The number of hydrogen-bond acceptors (Lipinski definition) is 15. The van der Waals surface area contributed by atoms with Crippen LogP contribution in [0.1, 0.15) is 0 Å². The van der Waals surface area contributed by atoms with Crippen LogP contribution in [0.2, 0.25) is 0 Å². The van der Waals surface area contributed by atoms with E-state index in [0.717, 1.165) is 7.11 Å². The van der Waals surface area contributed by atoms with Crippen molar-refractivity contribution in [2.45, 2.75) is 61.4 Å². The summed E-state index contributed by atoms with van der Waals surface area (Å²) in [7, 11) is -9.77. The third-order valence-electron chi connectivity index (χ3n) is 4.58. The molecule has 0 radical (unpaired) electrons. The highest BCUT2D eigenvalue weighted by Gasteiger charge is 2.55. The van der Waals surface area contributed by atoms with Crippen molar-refractivity contribution in [1.29, 1.82) is 0 Å². The Bertz CT molecular complexity index is 889.